The van der Waals surface area contributed by atoms with Crippen LogP contribution in [0.15, 0.2) is 0 Å². The minimum Gasteiger partial charge on any atom is -0.377 e. The number of carbonyl (C=O) groups excluding carboxylic acids is 2. The summed E-state index contributed by atoms with van der Waals surface area (Å²) < 4.78 is 5.26. The van der Waals surface area contributed by atoms with Crippen molar-refractivity contribution in [2.24, 2.45) is 11.7 Å². The number of ether oxygens (including phenoxy) is 1. The van der Waals surface area contributed by atoms with Gasteiger partial charge in [0.05, 0.1) is 11.6 Å². The normalized spacial score (nSPS) is 20.9. The average Bonchev–Trinajstić information content (AvgIpc) is 2.22. The van der Waals surface area contributed by atoms with Gasteiger partial charge < -0.3 is 10.5 Å². The molecule has 1 unspecified atom stereocenters. The quantitative estimate of drug-likeness (QED) is 0.730. The first-order valence-corrected chi connectivity index (χ1v) is 5.92. The van der Waals surface area contributed by atoms with Gasteiger partial charge in [-0.25, -0.2) is 0 Å². The number of likely N-dealkylation sites (tertiary alicyclic amines) is 1. The van der Waals surface area contributed by atoms with Crippen LogP contribution in [0.25, 0.3) is 0 Å². The first-order valence-electron chi connectivity index (χ1n) is 5.92. The largest absolute Gasteiger partial charge is 0.377 e. The fourth-order valence-electron chi connectivity index (χ4n) is 1.80. The van der Waals surface area contributed by atoms with Crippen LogP contribution in [0.1, 0.15) is 33.6 Å². The number of nitrogens with zero attached hydrogens (tertiary/aromatic N) is 1. The van der Waals surface area contributed by atoms with E-state index in [-0.39, 0.29) is 30.3 Å². The Kier molecular flexibility index (Phi) is 4.27. The van der Waals surface area contributed by atoms with Crippen LogP contribution in [0.4, 0.5) is 0 Å². The summed E-state index contributed by atoms with van der Waals surface area (Å²) in [5.74, 6) is -0.120. The molecule has 1 atom stereocenters. The van der Waals surface area contributed by atoms with Gasteiger partial charge in [-0.05, 0) is 19.8 Å². The predicted molar refractivity (Wildman–Crippen MR) is 64.2 cm³/mol. The van der Waals surface area contributed by atoms with Crippen molar-refractivity contribution in [3.8, 4) is 0 Å². The van der Waals surface area contributed by atoms with Crippen LogP contribution < -0.4 is 5.73 Å². The summed E-state index contributed by atoms with van der Waals surface area (Å²) in [4.78, 5) is 24.8. The van der Waals surface area contributed by atoms with E-state index in [9.17, 15) is 9.59 Å². The molecule has 0 aromatic heterocycles. The first-order chi connectivity index (χ1) is 7.77. The minimum atomic E-state index is -0.552. The molecular weight excluding hydrogens is 220 g/mol. The molecule has 1 heterocycles. The Morgan fingerprint density at radius 2 is 1.88 bits per heavy atom. The molecule has 1 saturated heterocycles. The molecule has 1 aliphatic heterocycles. The lowest BCUT2D eigenvalue weighted by Crippen LogP contribution is -2.55. The lowest BCUT2D eigenvalue weighted by atomic mass is 9.94. The zero-order valence-corrected chi connectivity index (χ0v) is 11.0. The van der Waals surface area contributed by atoms with Crippen LogP contribution in [0.5, 0.6) is 0 Å². The summed E-state index contributed by atoms with van der Waals surface area (Å²) in [6.45, 7) is 5.83. The maximum Gasteiger partial charge on any atom is 0.229 e. The zero-order chi connectivity index (χ0) is 13.2. The molecule has 1 aliphatic rings. The van der Waals surface area contributed by atoms with E-state index in [1.54, 1.807) is 7.11 Å². The summed E-state index contributed by atoms with van der Waals surface area (Å²) in [7, 11) is 1.57. The van der Waals surface area contributed by atoms with Crippen LogP contribution in [-0.2, 0) is 14.3 Å². The summed E-state index contributed by atoms with van der Waals surface area (Å²) >= 11 is 0. The molecule has 2 amide bonds. The number of hydrogen-bond acceptors (Lipinski definition) is 4. The van der Waals surface area contributed by atoms with Gasteiger partial charge in [-0.15, -0.1) is 0 Å². The molecule has 1 fully saturated rings. The minimum absolute atomic E-state index is 0.129. The SMILES string of the molecule is COC(C)(C)C(N)CN1C(=O)CC(C)CC1=O. The van der Waals surface area contributed by atoms with Gasteiger partial charge in [0.15, 0.2) is 0 Å². The summed E-state index contributed by atoms with van der Waals surface area (Å²) in [6.07, 6.45) is 0.845. The molecule has 98 valence electrons. The highest BCUT2D eigenvalue weighted by Crippen LogP contribution is 2.21. The Balaban J connectivity index is 2.68. The van der Waals surface area contributed by atoms with Crippen LogP contribution in [0.3, 0.4) is 0 Å². The van der Waals surface area contributed by atoms with E-state index < -0.39 is 5.60 Å². The highest BCUT2D eigenvalue weighted by atomic mass is 16.5. The van der Waals surface area contributed by atoms with Crippen molar-refractivity contribution in [1.82, 2.24) is 4.90 Å². The van der Waals surface area contributed by atoms with Crippen molar-refractivity contribution >= 4 is 11.8 Å². The van der Waals surface area contributed by atoms with Gasteiger partial charge in [0, 0.05) is 26.5 Å². The fraction of sp³-hybridized carbons (Fsp3) is 0.833. The Hall–Kier alpha value is -0.940. The maximum absolute atomic E-state index is 11.8. The molecule has 5 heteroatoms. The zero-order valence-electron chi connectivity index (χ0n) is 11.0. The van der Waals surface area contributed by atoms with Crippen LogP contribution >= 0.6 is 0 Å². The molecule has 0 aromatic rings. The highest BCUT2D eigenvalue weighted by Gasteiger charge is 2.35. The van der Waals surface area contributed by atoms with Gasteiger partial charge in [-0.3, -0.25) is 14.5 Å². The van der Waals surface area contributed by atoms with Gasteiger partial charge in [0.25, 0.3) is 0 Å². The van der Waals surface area contributed by atoms with E-state index >= 15 is 0 Å². The summed E-state index contributed by atoms with van der Waals surface area (Å²) in [5.41, 5.74) is 5.43. The lowest BCUT2D eigenvalue weighted by Gasteiger charge is -2.35. The molecule has 0 spiro atoms. The second-order valence-electron chi connectivity index (χ2n) is 5.33. The second-order valence-corrected chi connectivity index (χ2v) is 5.33. The van der Waals surface area contributed by atoms with Crippen molar-refractivity contribution in [1.29, 1.82) is 0 Å². The number of hydrogen-bond donors (Lipinski definition) is 1. The standard InChI is InChI=1S/C12H22N2O3/c1-8-5-10(15)14(11(16)6-8)7-9(13)12(2,3)17-4/h8-9H,5-7,13H2,1-4H3. The third-order valence-electron chi connectivity index (χ3n) is 3.45. The van der Waals surface area contributed by atoms with Gasteiger partial charge in [-0.1, -0.05) is 6.92 Å². The molecule has 5 nitrogen and oxygen atoms in total. The lowest BCUT2D eigenvalue weighted by molar-refractivity contribution is -0.151. The summed E-state index contributed by atoms with van der Waals surface area (Å²) in [6, 6.07) is -0.381. The Morgan fingerprint density at radius 1 is 1.41 bits per heavy atom. The van der Waals surface area contributed by atoms with Crippen LogP contribution in [0, 0.1) is 5.92 Å². The number of piperidine rings is 1. The monoisotopic (exact) mass is 242 g/mol. The molecule has 0 aromatic carbocycles. The molecule has 0 aliphatic carbocycles. The van der Waals surface area contributed by atoms with Crippen molar-refractivity contribution < 1.29 is 14.3 Å². The van der Waals surface area contributed by atoms with Crippen molar-refractivity contribution in [3.05, 3.63) is 0 Å². The molecule has 0 bridgehead atoms. The summed E-state index contributed by atoms with van der Waals surface area (Å²) in [5, 5.41) is 0. The Bertz CT molecular complexity index is 297. The molecule has 0 saturated carbocycles. The number of methoxy groups -OCH3 is 1. The van der Waals surface area contributed by atoms with E-state index in [2.05, 4.69) is 0 Å². The maximum atomic E-state index is 11.8. The highest BCUT2D eigenvalue weighted by molar-refractivity contribution is 5.97. The van der Waals surface area contributed by atoms with Crippen molar-refractivity contribution in [3.63, 3.8) is 0 Å². The third kappa shape index (κ3) is 3.26. The Labute approximate surface area is 102 Å². The predicted octanol–water partition coefficient (Wildman–Crippen LogP) is 0.524. The topological polar surface area (TPSA) is 72.6 Å². The average molecular weight is 242 g/mol. The molecule has 17 heavy (non-hydrogen) atoms. The second kappa shape index (κ2) is 5.14. The number of nitrogens with two attached hydrogens (primary N) is 1. The molecule has 0 radical (unpaired) electrons. The van der Waals surface area contributed by atoms with Gasteiger partial charge >= 0.3 is 0 Å². The van der Waals surface area contributed by atoms with Gasteiger partial charge in [-0.2, -0.15) is 0 Å². The van der Waals surface area contributed by atoms with Crippen molar-refractivity contribution in [2.45, 2.75) is 45.3 Å². The molecule has 2 N–H and O–H groups in total. The smallest absolute Gasteiger partial charge is 0.229 e. The third-order valence-corrected chi connectivity index (χ3v) is 3.45. The van der Waals surface area contributed by atoms with Crippen LogP contribution in [0.2, 0.25) is 0 Å². The van der Waals surface area contributed by atoms with Crippen LogP contribution in [-0.4, -0.2) is 42.0 Å². The Morgan fingerprint density at radius 3 is 2.29 bits per heavy atom. The van der Waals surface area contributed by atoms with Crippen molar-refractivity contribution in [2.75, 3.05) is 13.7 Å². The molecule has 1 rings (SSSR count). The number of amides is 2. The number of imide groups is 1. The first kappa shape index (κ1) is 14.1. The molecular formula is C12H22N2O3. The number of carbonyl (C=O) groups is 2. The van der Waals surface area contributed by atoms with Gasteiger partial charge in [0.1, 0.15) is 0 Å². The van der Waals surface area contributed by atoms with E-state index in [1.807, 2.05) is 20.8 Å². The van der Waals surface area contributed by atoms with E-state index in [0.717, 1.165) is 0 Å². The van der Waals surface area contributed by atoms with E-state index in [0.29, 0.717) is 12.8 Å². The fourth-order valence-corrected chi connectivity index (χ4v) is 1.80. The van der Waals surface area contributed by atoms with E-state index in [1.165, 1.54) is 4.90 Å². The van der Waals surface area contributed by atoms with Gasteiger partial charge in [0.2, 0.25) is 11.8 Å². The number of rotatable bonds is 4. The van der Waals surface area contributed by atoms with E-state index in [4.69, 9.17) is 10.5 Å².